The van der Waals surface area contributed by atoms with E-state index in [0.717, 1.165) is 31.9 Å². The van der Waals surface area contributed by atoms with Crippen molar-refractivity contribution in [3.05, 3.63) is 29.3 Å². The minimum absolute atomic E-state index is 0.0579. The Morgan fingerprint density at radius 1 is 1.25 bits per heavy atom. The van der Waals surface area contributed by atoms with Crippen molar-refractivity contribution in [3.63, 3.8) is 0 Å². The molecular weight excluding hydrogens is 254 g/mol. The molecule has 0 bridgehead atoms. The Kier molecular flexibility index (Phi) is 3.30. The molecular formula is C16H21NO3. The van der Waals surface area contributed by atoms with Gasteiger partial charge in [0, 0.05) is 18.7 Å². The summed E-state index contributed by atoms with van der Waals surface area (Å²) in [7, 11) is 0. The number of aryl methyl sites for hydroxylation is 1. The second kappa shape index (κ2) is 4.86. The minimum Gasteiger partial charge on any atom is -0.426 e. The Morgan fingerprint density at radius 2 is 1.95 bits per heavy atom. The standard InChI is InChI=1S/C16H21NO3/c1-11-4-5-13-12(10-11)14(16(2,3)15(18)20-13)17-6-8-19-9-7-17/h4-5,10,14H,6-9H2,1-3H3. The number of hydrogen-bond donors (Lipinski definition) is 0. The zero-order chi connectivity index (χ0) is 14.3. The Balaban J connectivity index is 2.07. The molecule has 2 aliphatic rings. The van der Waals surface area contributed by atoms with E-state index in [9.17, 15) is 4.79 Å². The summed E-state index contributed by atoms with van der Waals surface area (Å²) >= 11 is 0. The smallest absolute Gasteiger partial charge is 0.318 e. The van der Waals surface area contributed by atoms with Gasteiger partial charge >= 0.3 is 5.97 Å². The van der Waals surface area contributed by atoms with Crippen molar-refractivity contribution in [2.75, 3.05) is 26.3 Å². The predicted octanol–water partition coefficient (Wildman–Crippen LogP) is 2.31. The molecule has 1 atom stereocenters. The van der Waals surface area contributed by atoms with Crippen LogP contribution in [0.1, 0.15) is 31.0 Å². The summed E-state index contributed by atoms with van der Waals surface area (Å²) in [4.78, 5) is 14.7. The molecule has 0 spiro atoms. The second-order valence-corrected chi connectivity index (χ2v) is 6.20. The van der Waals surface area contributed by atoms with Crippen LogP contribution in [0.25, 0.3) is 0 Å². The second-order valence-electron chi connectivity index (χ2n) is 6.20. The van der Waals surface area contributed by atoms with E-state index < -0.39 is 5.41 Å². The third kappa shape index (κ3) is 2.13. The van der Waals surface area contributed by atoms with E-state index in [2.05, 4.69) is 17.9 Å². The molecule has 0 aromatic heterocycles. The van der Waals surface area contributed by atoms with Crippen LogP contribution in [0, 0.1) is 12.3 Å². The SMILES string of the molecule is Cc1ccc2c(c1)C(N1CCOCC1)C(C)(C)C(=O)O2. The molecule has 3 rings (SSSR count). The number of hydrogen-bond acceptors (Lipinski definition) is 4. The highest BCUT2D eigenvalue weighted by atomic mass is 16.5. The Bertz CT molecular complexity index is 533. The highest BCUT2D eigenvalue weighted by Crippen LogP contribution is 2.47. The number of nitrogens with zero attached hydrogens (tertiary/aromatic N) is 1. The first kappa shape index (κ1) is 13.6. The van der Waals surface area contributed by atoms with Gasteiger partial charge in [-0.05, 0) is 26.8 Å². The molecule has 1 unspecified atom stereocenters. The number of fused-ring (bicyclic) bond motifs is 1. The molecule has 2 aliphatic heterocycles. The van der Waals surface area contributed by atoms with Gasteiger partial charge in [-0.15, -0.1) is 0 Å². The number of rotatable bonds is 1. The van der Waals surface area contributed by atoms with Crippen molar-refractivity contribution in [2.24, 2.45) is 5.41 Å². The molecule has 1 aromatic rings. The first-order valence-corrected chi connectivity index (χ1v) is 7.15. The van der Waals surface area contributed by atoms with Gasteiger partial charge in [-0.1, -0.05) is 17.7 Å². The van der Waals surface area contributed by atoms with Crippen molar-refractivity contribution in [2.45, 2.75) is 26.8 Å². The van der Waals surface area contributed by atoms with Crippen LogP contribution in [0.2, 0.25) is 0 Å². The normalized spacial score (nSPS) is 25.9. The number of ether oxygens (including phenoxy) is 2. The number of esters is 1. The van der Waals surface area contributed by atoms with Gasteiger partial charge in [-0.25, -0.2) is 0 Å². The van der Waals surface area contributed by atoms with Crippen molar-refractivity contribution in [3.8, 4) is 5.75 Å². The molecule has 0 aliphatic carbocycles. The van der Waals surface area contributed by atoms with Crippen LogP contribution in [0.15, 0.2) is 18.2 Å². The molecule has 108 valence electrons. The van der Waals surface area contributed by atoms with Crippen LogP contribution >= 0.6 is 0 Å². The van der Waals surface area contributed by atoms with E-state index in [4.69, 9.17) is 9.47 Å². The van der Waals surface area contributed by atoms with Gasteiger partial charge in [0.15, 0.2) is 0 Å². The molecule has 4 heteroatoms. The molecule has 0 amide bonds. The van der Waals surface area contributed by atoms with E-state index in [-0.39, 0.29) is 12.0 Å². The first-order valence-electron chi connectivity index (χ1n) is 7.15. The van der Waals surface area contributed by atoms with Gasteiger partial charge in [0.2, 0.25) is 0 Å². The molecule has 2 heterocycles. The van der Waals surface area contributed by atoms with Gasteiger partial charge in [0.25, 0.3) is 0 Å². The number of morpholine rings is 1. The lowest BCUT2D eigenvalue weighted by molar-refractivity contribution is -0.152. The van der Waals surface area contributed by atoms with Gasteiger partial charge < -0.3 is 9.47 Å². The first-order chi connectivity index (χ1) is 9.50. The number of benzene rings is 1. The summed E-state index contributed by atoms with van der Waals surface area (Å²) in [6, 6.07) is 6.10. The van der Waals surface area contributed by atoms with Crippen LogP contribution in [-0.2, 0) is 9.53 Å². The van der Waals surface area contributed by atoms with Gasteiger partial charge in [0.1, 0.15) is 5.75 Å². The summed E-state index contributed by atoms with van der Waals surface area (Å²) in [6.07, 6.45) is 0. The van der Waals surface area contributed by atoms with E-state index in [0.29, 0.717) is 5.75 Å². The highest BCUT2D eigenvalue weighted by molar-refractivity contribution is 5.82. The Hall–Kier alpha value is -1.39. The van der Waals surface area contributed by atoms with Gasteiger partial charge in [0.05, 0.1) is 24.7 Å². The van der Waals surface area contributed by atoms with Crippen molar-refractivity contribution in [1.29, 1.82) is 0 Å². The van der Waals surface area contributed by atoms with Crippen LogP contribution in [0.3, 0.4) is 0 Å². The average molecular weight is 275 g/mol. The molecule has 0 radical (unpaired) electrons. The summed E-state index contributed by atoms with van der Waals surface area (Å²) in [5.74, 6) is 0.557. The lowest BCUT2D eigenvalue weighted by Gasteiger charge is -2.45. The number of carbonyl (C=O) groups is 1. The fourth-order valence-electron chi connectivity index (χ4n) is 3.20. The largest absolute Gasteiger partial charge is 0.426 e. The average Bonchev–Trinajstić information content (AvgIpc) is 2.41. The fraction of sp³-hybridized carbons (Fsp3) is 0.562. The van der Waals surface area contributed by atoms with E-state index in [1.54, 1.807) is 0 Å². The predicted molar refractivity (Wildman–Crippen MR) is 75.7 cm³/mol. The summed E-state index contributed by atoms with van der Waals surface area (Å²) in [5.41, 5.74) is 1.77. The van der Waals surface area contributed by atoms with E-state index in [1.807, 2.05) is 26.0 Å². The monoisotopic (exact) mass is 275 g/mol. The molecule has 0 N–H and O–H groups in total. The molecule has 20 heavy (non-hydrogen) atoms. The quantitative estimate of drug-likeness (QED) is 0.582. The van der Waals surface area contributed by atoms with Crippen LogP contribution in [0.5, 0.6) is 5.75 Å². The van der Waals surface area contributed by atoms with Crippen LogP contribution in [0.4, 0.5) is 0 Å². The maximum atomic E-state index is 12.3. The minimum atomic E-state index is -0.544. The zero-order valence-electron chi connectivity index (χ0n) is 12.3. The number of carbonyl (C=O) groups excluding carboxylic acids is 1. The van der Waals surface area contributed by atoms with E-state index >= 15 is 0 Å². The van der Waals surface area contributed by atoms with Crippen molar-refractivity contribution < 1.29 is 14.3 Å². The maximum absolute atomic E-state index is 12.3. The van der Waals surface area contributed by atoms with Crippen molar-refractivity contribution >= 4 is 5.97 Å². The lowest BCUT2D eigenvalue weighted by Crippen LogP contribution is -2.50. The summed E-state index contributed by atoms with van der Waals surface area (Å²) in [6.45, 7) is 9.18. The van der Waals surface area contributed by atoms with E-state index in [1.165, 1.54) is 5.56 Å². The van der Waals surface area contributed by atoms with Gasteiger partial charge in [-0.2, -0.15) is 0 Å². The third-order valence-corrected chi connectivity index (χ3v) is 4.28. The summed E-state index contributed by atoms with van der Waals surface area (Å²) < 4.78 is 11.0. The molecule has 1 saturated heterocycles. The zero-order valence-corrected chi connectivity index (χ0v) is 12.3. The Labute approximate surface area is 119 Å². The lowest BCUT2D eigenvalue weighted by atomic mass is 9.77. The highest BCUT2D eigenvalue weighted by Gasteiger charge is 2.47. The third-order valence-electron chi connectivity index (χ3n) is 4.28. The van der Waals surface area contributed by atoms with Crippen molar-refractivity contribution in [1.82, 2.24) is 4.90 Å². The molecule has 1 fully saturated rings. The molecule has 0 saturated carbocycles. The summed E-state index contributed by atoms with van der Waals surface area (Å²) in [5, 5.41) is 0. The maximum Gasteiger partial charge on any atom is 0.318 e. The molecule has 1 aromatic carbocycles. The molecule has 4 nitrogen and oxygen atoms in total. The fourth-order valence-corrected chi connectivity index (χ4v) is 3.20. The van der Waals surface area contributed by atoms with Crippen LogP contribution in [-0.4, -0.2) is 37.2 Å². The van der Waals surface area contributed by atoms with Gasteiger partial charge in [-0.3, -0.25) is 9.69 Å². The van der Waals surface area contributed by atoms with Crippen LogP contribution < -0.4 is 4.74 Å². The topological polar surface area (TPSA) is 38.8 Å². The Morgan fingerprint density at radius 3 is 2.65 bits per heavy atom.